The highest BCUT2D eigenvalue weighted by Crippen LogP contribution is 2.13. The van der Waals surface area contributed by atoms with Crippen LogP contribution in [0.2, 0.25) is 0 Å². The number of hydrogen-bond donors (Lipinski definition) is 2. The first kappa shape index (κ1) is 16.8. The fraction of sp³-hybridized carbons (Fsp3) is 0.923. The summed E-state index contributed by atoms with van der Waals surface area (Å²) in [6.07, 6.45) is 1.18. The number of amides is 1. The minimum Gasteiger partial charge on any atom is -0.353 e. The molecule has 0 aromatic rings. The molecule has 0 fully saturated rings. The monoisotopic (exact) mass is 260 g/mol. The molecule has 0 radical (unpaired) electrons. The maximum atomic E-state index is 11.5. The summed E-state index contributed by atoms with van der Waals surface area (Å²) in [7, 11) is 0. The summed E-state index contributed by atoms with van der Waals surface area (Å²) in [5.41, 5.74) is 0. The van der Waals surface area contributed by atoms with E-state index in [1.54, 1.807) is 11.8 Å². The zero-order valence-corrected chi connectivity index (χ0v) is 12.7. The Labute approximate surface area is 111 Å². The van der Waals surface area contributed by atoms with Crippen LogP contribution in [0.4, 0.5) is 0 Å². The molecule has 4 heteroatoms. The van der Waals surface area contributed by atoms with Gasteiger partial charge in [-0.25, -0.2) is 0 Å². The smallest absolute Gasteiger partial charge is 0.230 e. The number of nitrogens with one attached hydrogen (secondary N) is 2. The number of carbonyl (C=O) groups is 1. The van der Waals surface area contributed by atoms with E-state index in [2.05, 4.69) is 31.4 Å². The van der Waals surface area contributed by atoms with Crippen LogP contribution in [0.15, 0.2) is 0 Å². The molecule has 2 N–H and O–H groups in total. The summed E-state index contributed by atoms with van der Waals surface area (Å²) in [5, 5.41) is 6.41. The summed E-state index contributed by atoms with van der Waals surface area (Å²) in [6, 6.07) is 0.754. The average molecular weight is 260 g/mol. The molecule has 2 atom stereocenters. The van der Waals surface area contributed by atoms with Crippen molar-refractivity contribution >= 4 is 17.7 Å². The molecule has 0 saturated heterocycles. The van der Waals surface area contributed by atoms with Crippen molar-refractivity contribution in [2.24, 2.45) is 5.92 Å². The third-order valence-corrected chi connectivity index (χ3v) is 3.84. The zero-order chi connectivity index (χ0) is 13.3. The van der Waals surface area contributed by atoms with E-state index in [1.165, 1.54) is 6.42 Å². The lowest BCUT2D eigenvalue weighted by Gasteiger charge is -2.23. The largest absolute Gasteiger partial charge is 0.353 e. The van der Waals surface area contributed by atoms with Gasteiger partial charge in [0, 0.05) is 17.8 Å². The SMILES string of the molecule is CCNC(CSCC(=O)NC(C)C)C(C)CC. The summed E-state index contributed by atoms with van der Waals surface area (Å²) in [6.45, 7) is 11.6. The van der Waals surface area contributed by atoms with E-state index in [0.29, 0.717) is 17.7 Å². The van der Waals surface area contributed by atoms with Crippen LogP contribution in [0, 0.1) is 5.92 Å². The molecule has 2 unspecified atom stereocenters. The molecule has 0 rings (SSSR count). The van der Waals surface area contributed by atoms with Crippen LogP contribution in [0.3, 0.4) is 0 Å². The van der Waals surface area contributed by atoms with Crippen LogP contribution in [0.1, 0.15) is 41.0 Å². The van der Waals surface area contributed by atoms with Gasteiger partial charge in [0.25, 0.3) is 0 Å². The van der Waals surface area contributed by atoms with Crippen molar-refractivity contribution in [1.82, 2.24) is 10.6 Å². The van der Waals surface area contributed by atoms with Gasteiger partial charge in [-0.3, -0.25) is 4.79 Å². The molecule has 0 aliphatic carbocycles. The Bertz CT molecular complexity index is 210. The predicted octanol–water partition coefficient (Wildman–Crippen LogP) is 2.27. The van der Waals surface area contributed by atoms with E-state index in [-0.39, 0.29) is 11.9 Å². The number of thioether (sulfide) groups is 1. The highest BCUT2D eigenvalue weighted by Gasteiger charge is 2.15. The number of rotatable bonds is 9. The van der Waals surface area contributed by atoms with Crippen LogP contribution in [-0.4, -0.2) is 36.0 Å². The minimum atomic E-state index is 0.143. The van der Waals surface area contributed by atoms with Gasteiger partial charge in [-0.2, -0.15) is 11.8 Å². The Morgan fingerprint density at radius 2 is 1.88 bits per heavy atom. The number of hydrogen-bond acceptors (Lipinski definition) is 3. The van der Waals surface area contributed by atoms with Gasteiger partial charge in [0.15, 0.2) is 0 Å². The Morgan fingerprint density at radius 1 is 1.24 bits per heavy atom. The topological polar surface area (TPSA) is 41.1 Å². The lowest BCUT2D eigenvalue weighted by molar-refractivity contribution is -0.119. The van der Waals surface area contributed by atoms with Crippen molar-refractivity contribution in [3.63, 3.8) is 0 Å². The van der Waals surface area contributed by atoms with Gasteiger partial charge >= 0.3 is 0 Å². The summed E-state index contributed by atoms with van der Waals surface area (Å²) in [5.74, 6) is 2.38. The van der Waals surface area contributed by atoms with E-state index >= 15 is 0 Å². The lowest BCUT2D eigenvalue weighted by atomic mass is 10.0. The van der Waals surface area contributed by atoms with Gasteiger partial charge in [0.1, 0.15) is 0 Å². The van der Waals surface area contributed by atoms with Crippen molar-refractivity contribution < 1.29 is 4.79 Å². The molecule has 1 amide bonds. The highest BCUT2D eigenvalue weighted by molar-refractivity contribution is 8.00. The van der Waals surface area contributed by atoms with Crippen LogP contribution in [-0.2, 0) is 4.79 Å². The minimum absolute atomic E-state index is 0.143. The first-order valence-corrected chi connectivity index (χ1v) is 7.77. The molecule has 0 aliphatic heterocycles. The highest BCUT2D eigenvalue weighted by atomic mass is 32.2. The van der Waals surface area contributed by atoms with E-state index in [4.69, 9.17) is 0 Å². The van der Waals surface area contributed by atoms with Gasteiger partial charge < -0.3 is 10.6 Å². The maximum Gasteiger partial charge on any atom is 0.230 e. The predicted molar refractivity (Wildman–Crippen MR) is 77.5 cm³/mol. The van der Waals surface area contributed by atoms with Gasteiger partial charge in [-0.05, 0) is 26.3 Å². The van der Waals surface area contributed by atoms with Crippen molar-refractivity contribution in [3.05, 3.63) is 0 Å². The third-order valence-electron chi connectivity index (χ3n) is 2.78. The Balaban J connectivity index is 3.85. The van der Waals surface area contributed by atoms with Crippen molar-refractivity contribution in [2.45, 2.75) is 53.1 Å². The summed E-state index contributed by atoms with van der Waals surface area (Å²) < 4.78 is 0. The van der Waals surface area contributed by atoms with Crippen LogP contribution in [0.25, 0.3) is 0 Å². The Hall–Kier alpha value is -0.220. The second-order valence-corrected chi connectivity index (χ2v) is 5.82. The normalized spacial score (nSPS) is 14.7. The van der Waals surface area contributed by atoms with Crippen LogP contribution in [0.5, 0.6) is 0 Å². The third kappa shape index (κ3) is 8.50. The summed E-state index contributed by atoms with van der Waals surface area (Å²) in [4.78, 5) is 11.5. The van der Waals surface area contributed by atoms with Gasteiger partial charge in [0.2, 0.25) is 5.91 Å². The second-order valence-electron chi connectivity index (χ2n) is 4.79. The Morgan fingerprint density at radius 3 is 2.35 bits per heavy atom. The summed E-state index contributed by atoms with van der Waals surface area (Å²) >= 11 is 1.72. The van der Waals surface area contributed by atoms with Crippen molar-refractivity contribution in [1.29, 1.82) is 0 Å². The second kappa shape index (κ2) is 9.77. The van der Waals surface area contributed by atoms with Crippen LogP contribution < -0.4 is 10.6 Å². The van der Waals surface area contributed by atoms with E-state index < -0.39 is 0 Å². The van der Waals surface area contributed by atoms with Crippen LogP contribution >= 0.6 is 11.8 Å². The zero-order valence-electron chi connectivity index (χ0n) is 11.9. The van der Waals surface area contributed by atoms with Gasteiger partial charge in [0.05, 0.1) is 5.75 Å². The number of carbonyl (C=O) groups excluding carboxylic acids is 1. The first-order valence-electron chi connectivity index (χ1n) is 6.61. The standard InChI is InChI=1S/C13H28N2OS/c1-6-11(5)12(14-7-2)8-17-9-13(16)15-10(3)4/h10-12,14H,6-9H2,1-5H3,(H,15,16). The van der Waals surface area contributed by atoms with E-state index in [9.17, 15) is 4.79 Å². The molecule has 102 valence electrons. The lowest BCUT2D eigenvalue weighted by Crippen LogP contribution is -2.37. The molecular weight excluding hydrogens is 232 g/mol. The fourth-order valence-electron chi connectivity index (χ4n) is 1.61. The molecule has 0 spiro atoms. The quantitative estimate of drug-likeness (QED) is 0.668. The van der Waals surface area contributed by atoms with E-state index in [0.717, 1.165) is 12.3 Å². The van der Waals surface area contributed by atoms with Crippen molar-refractivity contribution in [2.75, 3.05) is 18.1 Å². The Kier molecular flexibility index (Phi) is 9.65. The average Bonchev–Trinajstić information content (AvgIpc) is 2.26. The molecule has 0 aromatic heterocycles. The maximum absolute atomic E-state index is 11.5. The van der Waals surface area contributed by atoms with Crippen molar-refractivity contribution in [3.8, 4) is 0 Å². The van der Waals surface area contributed by atoms with Gasteiger partial charge in [-0.1, -0.05) is 27.2 Å². The molecule has 3 nitrogen and oxygen atoms in total. The van der Waals surface area contributed by atoms with Gasteiger partial charge in [-0.15, -0.1) is 0 Å². The molecular formula is C13H28N2OS. The molecule has 0 saturated carbocycles. The molecule has 0 bridgehead atoms. The molecule has 0 heterocycles. The molecule has 0 aliphatic rings. The molecule has 17 heavy (non-hydrogen) atoms. The molecule has 0 aromatic carbocycles. The fourth-order valence-corrected chi connectivity index (χ4v) is 2.70. The van der Waals surface area contributed by atoms with E-state index in [1.807, 2.05) is 13.8 Å². The first-order chi connectivity index (χ1) is 8.01.